The molecule has 2 aromatic rings. The first-order chi connectivity index (χ1) is 8.91. The van der Waals surface area contributed by atoms with E-state index < -0.39 is 5.54 Å². The summed E-state index contributed by atoms with van der Waals surface area (Å²) in [5, 5.41) is 7.00. The van der Waals surface area contributed by atoms with Crippen LogP contribution in [0.2, 0.25) is 0 Å². The lowest BCUT2D eigenvalue weighted by atomic mass is 9.92. The van der Waals surface area contributed by atoms with E-state index in [0.717, 1.165) is 11.3 Å². The zero-order valence-electron chi connectivity index (χ0n) is 11.3. The van der Waals surface area contributed by atoms with Gasteiger partial charge in [-0.15, -0.1) is 0 Å². The number of benzene rings is 1. The van der Waals surface area contributed by atoms with Gasteiger partial charge < -0.3 is 11.1 Å². The molecular formula is C14H18N4O. The average molecular weight is 258 g/mol. The summed E-state index contributed by atoms with van der Waals surface area (Å²) in [5.41, 5.74) is 7.28. The molecule has 1 unspecified atom stereocenters. The summed E-state index contributed by atoms with van der Waals surface area (Å²) in [6.07, 6.45) is 1.76. The normalized spacial score (nSPS) is 13.9. The molecule has 5 heteroatoms. The van der Waals surface area contributed by atoms with Gasteiger partial charge in [0.15, 0.2) is 0 Å². The van der Waals surface area contributed by atoms with Gasteiger partial charge in [-0.25, -0.2) is 0 Å². The molecule has 0 aliphatic heterocycles. The molecule has 0 spiro atoms. The first-order valence-electron chi connectivity index (χ1n) is 6.07. The minimum Gasteiger partial charge on any atom is -0.321 e. The highest BCUT2D eigenvalue weighted by molar-refractivity contribution is 5.98. The highest BCUT2D eigenvalue weighted by atomic mass is 16.2. The third-order valence-electron chi connectivity index (χ3n) is 3.11. The number of carbonyl (C=O) groups excluding carboxylic acids is 1. The number of aryl methyl sites for hydroxylation is 2. The molecule has 5 nitrogen and oxygen atoms in total. The number of hydrogen-bond donors (Lipinski definition) is 2. The first-order valence-corrected chi connectivity index (χ1v) is 6.07. The number of rotatable bonds is 3. The van der Waals surface area contributed by atoms with Gasteiger partial charge in [-0.1, -0.05) is 30.3 Å². The lowest BCUT2D eigenvalue weighted by Crippen LogP contribution is -2.45. The van der Waals surface area contributed by atoms with Crippen molar-refractivity contribution in [2.75, 3.05) is 5.32 Å². The molecule has 2 rings (SSSR count). The lowest BCUT2D eigenvalue weighted by molar-refractivity contribution is -0.120. The fourth-order valence-corrected chi connectivity index (χ4v) is 1.89. The van der Waals surface area contributed by atoms with Gasteiger partial charge >= 0.3 is 0 Å². The zero-order valence-corrected chi connectivity index (χ0v) is 11.3. The number of carbonyl (C=O) groups is 1. The number of amides is 1. The highest BCUT2D eigenvalue weighted by Gasteiger charge is 2.30. The third-order valence-corrected chi connectivity index (χ3v) is 3.11. The number of hydrogen-bond acceptors (Lipinski definition) is 3. The van der Waals surface area contributed by atoms with E-state index in [9.17, 15) is 4.79 Å². The fraction of sp³-hybridized carbons (Fsp3) is 0.286. The molecule has 1 atom stereocenters. The van der Waals surface area contributed by atoms with E-state index in [2.05, 4.69) is 10.4 Å². The predicted molar refractivity (Wildman–Crippen MR) is 74.6 cm³/mol. The summed E-state index contributed by atoms with van der Waals surface area (Å²) in [6.45, 7) is 3.54. The van der Waals surface area contributed by atoms with E-state index >= 15 is 0 Å². The molecule has 1 heterocycles. The predicted octanol–water partition coefficient (Wildman–Crippen LogP) is 1.54. The van der Waals surface area contributed by atoms with Crippen LogP contribution in [0.4, 0.5) is 5.69 Å². The van der Waals surface area contributed by atoms with Crippen molar-refractivity contribution in [2.45, 2.75) is 19.4 Å². The fourth-order valence-electron chi connectivity index (χ4n) is 1.89. The van der Waals surface area contributed by atoms with E-state index in [0.29, 0.717) is 5.69 Å². The molecule has 19 heavy (non-hydrogen) atoms. The molecule has 0 bridgehead atoms. The Labute approximate surface area is 112 Å². The minimum atomic E-state index is -1.08. The van der Waals surface area contributed by atoms with Crippen LogP contribution in [0.25, 0.3) is 0 Å². The molecule has 3 N–H and O–H groups in total. The second kappa shape index (κ2) is 4.85. The van der Waals surface area contributed by atoms with Gasteiger partial charge in [0.1, 0.15) is 5.54 Å². The van der Waals surface area contributed by atoms with Gasteiger partial charge in [0.05, 0.1) is 11.4 Å². The third kappa shape index (κ3) is 2.66. The molecular weight excluding hydrogens is 240 g/mol. The molecule has 0 saturated carbocycles. The number of nitrogens with one attached hydrogen (secondary N) is 1. The van der Waals surface area contributed by atoms with Crippen LogP contribution >= 0.6 is 0 Å². The van der Waals surface area contributed by atoms with Crippen molar-refractivity contribution in [3.63, 3.8) is 0 Å². The summed E-state index contributed by atoms with van der Waals surface area (Å²) >= 11 is 0. The summed E-state index contributed by atoms with van der Waals surface area (Å²) in [7, 11) is 1.81. The van der Waals surface area contributed by atoms with E-state index in [1.807, 2.05) is 44.3 Å². The SMILES string of the molecule is Cc1nn(C)cc1NC(=O)C(C)(N)c1ccccc1. The summed E-state index contributed by atoms with van der Waals surface area (Å²) in [5.74, 6) is -0.255. The van der Waals surface area contributed by atoms with Crippen LogP contribution < -0.4 is 11.1 Å². The summed E-state index contributed by atoms with van der Waals surface area (Å²) < 4.78 is 1.65. The maximum atomic E-state index is 12.3. The Morgan fingerprint density at radius 2 is 2.00 bits per heavy atom. The average Bonchev–Trinajstić information content (AvgIpc) is 2.69. The van der Waals surface area contributed by atoms with Crippen molar-refractivity contribution in [2.24, 2.45) is 12.8 Å². The Kier molecular flexibility index (Phi) is 3.40. The van der Waals surface area contributed by atoms with Crippen molar-refractivity contribution in [1.29, 1.82) is 0 Å². The molecule has 1 aromatic carbocycles. The van der Waals surface area contributed by atoms with Crippen LogP contribution in [0.1, 0.15) is 18.2 Å². The Morgan fingerprint density at radius 3 is 2.53 bits per heavy atom. The van der Waals surface area contributed by atoms with Crippen LogP contribution in [0.15, 0.2) is 36.5 Å². The summed E-state index contributed by atoms with van der Waals surface area (Å²) in [6, 6.07) is 9.31. The lowest BCUT2D eigenvalue weighted by Gasteiger charge is -2.23. The molecule has 1 amide bonds. The molecule has 100 valence electrons. The molecule has 0 radical (unpaired) electrons. The number of nitrogens with zero attached hydrogens (tertiary/aromatic N) is 2. The standard InChI is InChI=1S/C14H18N4O/c1-10-12(9-18(3)17-10)16-13(19)14(2,15)11-7-5-4-6-8-11/h4-9H,15H2,1-3H3,(H,16,19). The van der Waals surface area contributed by atoms with Crippen molar-refractivity contribution in [3.05, 3.63) is 47.8 Å². The smallest absolute Gasteiger partial charge is 0.248 e. The number of aromatic nitrogens is 2. The quantitative estimate of drug-likeness (QED) is 0.877. The second-order valence-electron chi connectivity index (χ2n) is 4.82. The molecule has 0 aliphatic carbocycles. The van der Waals surface area contributed by atoms with E-state index in [4.69, 9.17) is 5.73 Å². The van der Waals surface area contributed by atoms with Gasteiger partial charge in [0.25, 0.3) is 0 Å². The highest BCUT2D eigenvalue weighted by Crippen LogP contribution is 2.21. The van der Waals surface area contributed by atoms with Crippen LogP contribution in [0.3, 0.4) is 0 Å². The van der Waals surface area contributed by atoms with E-state index in [1.54, 1.807) is 17.8 Å². The Balaban J connectivity index is 2.22. The van der Waals surface area contributed by atoms with Crippen LogP contribution in [0, 0.1) is 6.92 Å². The van der Waals surface area contributed by atoms with Crippen LogP contribution in [-0.2, 0) is 17.4 Å². The maximum absolute atomic E-state index is 12.3. The number of anilines is 1. The van der Waals surface area contributed by atoms with Crippen molar-refractivity contribution < 1.29 is 4.79 Å². The van der Waals surface area contributed by atoms with Crippen LogP contribution in [0.5, 0.6) is 0 Å². The van der Waals surface area contributed by atoms with Gasteiger partial charge in [0.2, 0.25) is 5.91 Å². The minimum absolute atomic E-state index is 0.255. The Bertz CT molecular complexity index is 587. The monoisotopic (exact) mass is 258 g/mol. The van der Waals surface area contributed by atoms with Crippen LogP contribution in [-0.4, -0.2) is 15.7 Å². The van der Waals surface area contributed by atoms with Gasteiger partial charge in [-0.05, 0) is 19.4 Å². The largest absolute Gasteiger partial charge is 0.321 e. The Hall–Kier alpha value is -2.14. The van der Waals surface area contributed by atoms with Gasteiger partial charge in [-0.2, -0.15) is 5.10 Å². The number of nitrogens with two attached hydrogens (primary N) is 1. The van der Waals surface area contributed by atoms with Crippen molar-refractivity contribution >= 4 is 11.6 Å². The Morgan fingerprint density at radius 1 is 1.37 bits per heavy atom. The maximum Gasteiger partial charge on any atom is 0.248 e. The zero-order chi connectivity index (χ0) is 14.0. The van der Waals surface area contributed by atoms with Crippen molar-refractivity contribution in [3.8, 4) is 0 Å². The molecule has 0 aliphatic rings. The topological polar surface area (TPSA) is 72.9 Å². The summed E-state index contributed by atoms with van der Waals surface area (Å²) in [4.78, 5) is 12.3. The van der Waals surface area contributed by atoms with E-state index in [-0.39, 0.29) is 5.91 Å². The molecule has 0 saturated heterocycles. The van der Waals surface area contributed by atoms with Gasteiger partial charge in [-0.3, -0.25) is 9.48 Å². The molecule has 1 aromatic heterocycles. The van der Waals surface area contributed by atoms with Gasteiger partial charge in [0, 0.05) is 13.2 Å². The van der Waals surface area contributed by atoms with Crippen molar-refractivity contribution in [1.82, 2.24) is 9.78 Å². The van der Waals surface area contributed by atoms with E-state index in [1.165, 1.54) is 0 Å². The molecule has 0 fully saturated rings. The second-order valence-corrected chi connectivity index (χ2v) is 4.82. The first kappa shape index (κ1) is 13.3.